The molecule has 0 radical (unpaired) electrons. The average Bonchev–Trinajstić information content (AvgIpc) is 3.21. The van der Waals surface area contributed by atoms with Gasteiger partial charge in [0, 0.05) is 29.6 Å². The predicted molar refractivity (Wildman–Crippen MR) is 122 cm³/mol. The SMILES string of the molecule is CCC(N)CC(Nc1nc(Cc2ccccc2C)ns1)C(=O)c1ccc(OC)cc1. The van der Waals surface area contributed by atoms with Crippen LogP contribution < -0.4 is 15.8 Å². The number of hydrogen-bond acceptors (Lipinski definition) is 7. The van der Waals surface area contributed by atoms with E-state index in [0.29, 0.717) is 29.3 Å². The molecule has 2 unspecified atom stereocenters. The van der Waals surface area contributed by atoms with Crippen molar-refractivity contribution < 1.29 is 9.53 Å². The highest BCUT2D eigenvalue weighted by atomic mass is 32.1. The Kier molecular flexibility index (Phi) is 7.54. The molecule has 3 rings (SSSR count). The zero-order chi connectivity index (χ0) is 21.5. The van der Waals surface area contributed by atoms with Crippen molar-refractivity contribution in [2.75, 3.05) is 12.4 Å². The molecule has 0 spiro atoms. The minimum absolute atomic E-state index is 0.0165. The summed E-state index contributed by atoms with van der Waals surface area (Å²) in [5.74, 6) is 1.44. The fraction of sp³-hybridized carbons (Fsp3) is 0.348. The molecule has 0 saturated heterocycles. The highest BCUT2D eigenvalue weighted by Crippen LogP contribution is 2.21. The monoisotopic (exact) mass is 424 g/mol. The number of nitrogens with two attached hydrogens (primary N) is 1. The number of hydrogen-bond donors (Lipinski definition) is 2. The number of nitrogens with zero attached hydrogens (tertiary/aromatic N) is 2. The van der Waals surface area contributed by atoms with Gasteiger partial charge in [-0.25, -0.2) is 4.98 Å². The van der Waals surface area contributed by atoms with Crippen LogP contribution in [0.4, 0.5) is 5.13 Å². The maximum atomic E-state index is 13.1. The molecule has 158 valence electrons. The van der Waals surface area contributed by atoms with Gasteiger partial charge < -0.3 is 15.8 Å². The van der Waals surface area contributed by atoms with Crippen molar-refractivity contribution >= 4 is 22.4 Å². The summed E-state index contributed by atoms with van der Waals surface area (Å²) in [5.41, 5.74) is 9.19. The van der Waals surface area contributed by atoms with E-state index in [1.807, 2.05) is 19.1 Å². The lowest BCUT2D eigenvalue weighted by Crippen LogP contribution is -2.36. The van der Waals surface area contributed by atoms with Gasteiger partial charge in [0.1, 0.15) is 11.6 Å². The van der Waals surface area contributed by atoms with Gasteiger partial charge in [0.05, 0.1) is 13.2 Å². The number of ketones is 1. The van der Waals surface area contributed by atoms with E-state index in [2.05, 4.69) is 33.7 Å². The predicted octanol–water partition coefficient (Wildman–Crippen LogP) is 4.24. The Hall–Kier alpha value is -2.77. The van der Waals surface area contributed by atoms with E-state index in [4.69, 9.17) is 10.5 Å². The molecule has 0 fully saturated rings. The van der Waals surface area contributed by atoms with Crippen LogP contribution in [0.3, 0.4) is 0 Å². The summed E-state index contributed by atoms with van der Waals surface area (Å²) in [6.07, 6.45) is 1.98. The van der Waals surface area contributed by atoms with Crippen molar-refractivity contribution in [1.29, 1.82) is 0 Å². The number of methoxy groups -OCH3 is 1. The van der Waals surface area contributed by atoms with E-state index in [-0.39, 0.29) is 11.8 Å². The summed E-state index contributed by atoms with van der Waals surface area (Å²) >= 11 is 1.27. The first-order valence-electron chi connectivity index (χ1n) is 10.1. The van der Waals surface area contributed by atoms with Crippen LogP contribution in [-0.4, -0.2) is 34.3 Å². The van der Waals surface area contributed by atoms with Gasteiger partial charge in [-0.3, -0.25) is 4.79 Å². The van der Waals surface area contributed by atoms with E-state index in [0.717, 1.165) is 12.2 Å². The molecule has 7 heteroatoms. The van der Waals surface area contributed by atoms with Crippen molar-refractivity contribution in [3.63, 3.8) is 0 Å². The molecule has 0 aliphatic carbocycles. The number of benzene rings is 2. The van der Waals surface area contributed by atoms with Gasteiger partial charge in [-0.2, -0.15) is 4.37 Å². The zero-order valence-electron chi connectivity index (χ0n) is 17.6. The van der Waals surface area contributed by atoms with Crippen molar-refractivity contribution in [1.82, 2.24) is 9.36 Å². The molecule has 0 aliphatic rings. The second-order valence-electron chi connectivity index (χ2n) is 7.31. The van der Waals surface area contributed by atoms with Crippen molar-refractivity contribution in [2.24, 2.45) is 5.73 Å². The Labute approximate surface area is 181 Å². The fourth-order valence-corrected chi connectivity index (χ4v) is 3.81. The van der Waals surface area contributed by atoms with Crippen molar-refractivity contribution in [2.45, 2.75) is 45.2 Å². The van der Waals surface area contributed by atoms with Gasteiger partial charge in [0.25, 0.3) is 0 Å². The first-order valence-corrected chi connectivity index (χ1v) is 10.8. The quantitative estimate of drug-likeness (QED) is 0.473. The van der Waals surface area contributed by atoms with Gasteiger partial charge in [0.15, 0.2) is 5.78 Å². The lowest BCUT2D eigenvalue weighted by atomic mass is 9.97. The number of Topliss-reactive ketones (excluding diaryl/α,β-unsaturated/α-hetero) is 1. The van der Waals surface area contributed by atoms with E-state index in [9.17, 15) is 4.79 Å². The number of rotatable bonds is 10. The first kappa shape index (κ1) is 21.9. The average molecular weight is 425 g/mol. The Bertz CT molecular complexity index is 971. The van der Waals surface area contributed by atoms with E-state index < -0.39 is 6.04 Å². The number of aryl methyl sites for hydroxylation is 1. The van der Waals surface area contributed by atoms with Crippen LogP contribution in [0.2, 0.25) is 0 Å². The molecule has 2 atom stereocenters. The topological polar surface area (TPSA) is 90.1 Å². The van der Waals surface area contributed by atoms with Crippen LogP contribution in [0, 0.1) is 6.92 Å². The summed E-state index contributed by atoms with van der Waals surface area (Å²) in [5, 5.41) is 3.91. The van der Waals surface area contributed by atoms with E-state index in [1.54, 1.807) is 31.4 Å². The Morgan fingerprint density at radius 2 is 1.93 bits per heavy atom. The van der Waals surface area contributed by atoms with Gasteiger partial charge in [-0.1, -0.05) is 31.2 Å². The number of anilines is 1. The lowest BCUT2D eigenvalue weighted by molar-refractivity contribution is 0.0962. The molecule has 0 amide bonds. The van der Waals surface area contributed by atoms with Gasteiger partial charge in [-0.15, -0.1) is 0 Å². The maximum absolute atomic E-state index is 13.1. The summed E-state index contributed by atoms with van der Waals surface area (Å²) < 4.78 is 9.65. The highest BCUT2D eigenvalue weighted by Gasteiger charge is 2.24. The molecule has 0 aliphatic heterocycles. The number of carbonyl (C=O) groups excluding carboxylic acids is 1. The minimum atomic E-state index is -0.465. The molecule has 3 aromatic rings. The van der Waals surface area contributed by atoms with Gasteiger partial charge in [-0.05, 0) is 55.2 Å². The largest absolute Gasteiger partial charge is 0.497 e. The number of nitrogens with one attached hydrogen (secondary N) is 1. The summed E-state index contributed by atoms with van der Waals surface area (Å²) in [6.45, 7) is 4.10. The number of aromatic nitrogens is 2. The van der Waals surface area contributed by atoms with Crippen LogP contribution in [0.25, 0.3) is 0 Å². The molecule has 0 bridgehead atoms. The Morgan fingerprint density at radius 3 is 2.60 bits per heavy atom. The molecular weight excluding hydrogens is 396 g/mol. The molecule has 1 heterocycles. The summed E-state index contributed by atoms with van der Waals surface area (Å²) in [7, 11) is 1.60. The molecule has 2 aromatic carbocycles. The number of carbonyl (C=O) groups is 1. The maximum Gasteiger partial charge on any atom is 0.203 e. The third-order valence-corrected chi connectivity index (χ3v) is 5.81. The van der Waals surface area contributed by atoms with Crippen molar-refractivity contribution in [3.8, 4) is 5.75 Å². The standard InChI is InChI=1S/C23H28N4O2S/c1-4-18(24)14-20(22(28)16-9-11-19(29-3)12-10-16)25-23-26-21(27-30-23)13-17-8-6-5-7-15(17)2/h5-12,18,20H,4,13-14,24H2,1-3H3,(H,25,26,27). The minimum Gasteiger partial charge on any atom is -0.497 e. The number of ether oxygens (including phenoxy) is 1. The summed E-state index contributed by atoms with van der Waals surface area (Å²) in [6, 6.07) is 14.8. The zero-order valence-corrected chi connectivity index (χ0v) is 18.4. The molecule has 30 heavy (non-hydrogen) atoms. The van der Waals surface area contributed by atoms with Gasteiger partial charge >= 0.3 is 0 Å². The molecular formula is C23H28N4O2S. The fourth-order valence-electron chi connectivity index (χ4n) is 3.17. The first-order chi connectivity index (χ1) is 14.5. The second-order valence-corrected chi connectivity index (χ2v) is 8.06. The molecule has 3 N–H and O–H groups in total. The Morgan fingerprint density at radius 1 is 1.20 bits per heavy atom. The van der Waals surface area contributed by atoms with E-state index in [1.165, 1.54) is 22.7 Å². The van der Waals surface area contributed by atoms with Crippen LogP contribution in [0.15, 0.2) is 48.5 Å². The highest BCUT2D eigenvalue weighted by molar-refractivity contribution is 7.09. The summed E-state index contributed by atoms with van der Waals surface area (Å²) in [4.78, 5) is 17.7. The Balaban J connectivity index is 1.75. The normalized spacial score (nSPS) is 12.9. The smallest absolute Gasteiger partial charge is 0.203 e. The van der Waals surface area contributed by atoms with Crippen LogP contribution in [0.1, 0.15) is 47.1 Å². The van der Waals surface area contributed by atoms with Crippen LogP contribution >= 0.6 is 11.5 Å². The third-order valence-electron chi connectivity index (χ3n) is 5.13. The van der Waals surface area contributed by atoms with E-state index >= 15 is 0 Å². The molecule has 1 aromatic heterocycles. The van der Waals surface area contributed by atoms with Crippen LogP contribution in [0.5, 0.6) is 5.75 Å². The molecule has 0 saturated carbocycles. The van der Waals surface area contributed by atoms with Crippen LogP contribution in [-0.2, 0) is 6.42 Å². The second kappa shape index (κ2) is 10.3. The lowest BCUT2D eigenvalue weighted by Gasteiger charge is -2.20. The van der Waals surface area contributed by atoms with Gasteiger partial charge in [0.2, 0.25) is 5.13 Å². The van der Waals surface area contributed by atoms with Crippen molar-refractivity contribution in [3.05, 3.63) is 71.0 Å². The molecule has 6 nitrogen and oxygen atoms in total. The third kappa shape index (κ3) is 5.64.